The first-order valence-electron chi connectivity index (χ1n) is 10.4. The number of hydrogen-bond acceptors (Lipinski definition) is 4. The molecule has 0 saturated carbocycles. The van der Waals surface area contributed by atoms with Gasteiger partial charge in [-0.15, -0.1) is 0 Å². The van der Waals surface area contributed by atoms with Gasteiger partial charge in [0.2, 0.25) is 0 Å². The van der Waals surface area contributed by atoms with Crippen molar-refractivity contribution in [1.29, 1.82) is 0 Å². The number of likely N-dealkylation sites (N-methyl/N-ethyl adjacent to an activating group) is 1. The summed E-state index contributed by atoms with van der Waals surface area (Å²) in [4.78, 5) is 40.9. The summed E-state index contributed by atoms with van der Waals surface area (Å²) < 4.78 is 5.73. The monoisotopic (exact) mass is 428 g/mol. The highest BCUT2D eigenvalue weighted by molar-refractivity contribution is 6.21. The van der Waals surface area contributed by atoms with Gasteiger partial charge in [0, 0.05) is 12.6 Å². The largest absolute Gasteiger partial charge is 0.492 e. The van der Waals surface area contributed by atoms with Gasteiger partial charge in [-0.3, -0.25) is 19.3 Å². The highest BCUT2D eigenvalue weighted by Crippen LogP contribution is 2.24. The third kappa shape index (κ3) is 4.39. The molecular formula is C26H24N2O4. The summed E-state index contributed by atoms with van der Waals surface area (Å²) in [5, 5.41) is 0. The zero-order valence-corrected chi connectivity index (χ0v) is 18.1. The third-order valence-corrected chi connectivity index (χ3v) is 5.42. The predicted molar refractivity (Wildman–Crippen MR) is 121 cm³/mol. The maximum atomic E-state index is 12.9. The molecule has 3 aromatic rings. The lowest BCUT2D eigenvalue weighted by Gasteiger charge is -2.19. The van der Waals surface area contributed by atoms with Gasteiger partial charge < -0.3 is 9.64 Å². The van der Waals surface area contributed by atoms with Crippen molar-refractivity contribution in [2.24, 2.45) is 0 Å². The standard InChI is InChI=1S/C26H24N2O4/c1-18-7-5-10-21(15-18)32-14-13-27(2)24(29)20-9-6-8-19(16-20)17-28-25(30)22-11-3-4-12-23(22)26(28)31/h3-12,15-16H,13-14,17H2,1-2H3. The van der Waals surface area contributed by atoms with Gasteiger partial charge in [-0.25, -0.2) is 0 Å². The third-order valence-electron chi connectivity index (χ3n) is 5.42. The predicted octanol–water partition coefficient (Wildman–Crippen LogP) is 3.94. The second-order valence-corrected chi connectivity index (χ2v) is 7.83. The van der Waals surface area contributed by atoms with Crippen molar-refractivity contribution >= 4 is 17.7 Å². The number of carbonyl (C=O) groups is 3. The molecule has 3 amide bonds. The lowest BCUT2D eigenvalue weighted by molar-refractivity contribution is 0.0642. The molecule has 0 saturated heterocycles. The van der Waals surface area contributed by atoms with Crippen LogP contribution in [0.3, 0.4) is 0 Å². The zero-order valence-electron chi connectivity index (χ0n) is 18.1. The molecule has 0 bridgehead atoms. The number of fused-ring (bicyclic) bond motifs is 1. The fourth-order valence-corrected chi connectivity index (χ4v) is 3.70. The number of carbonyl (C=O) groups excluding carboxylic acids is 3. The lowest BCUT2D eigenvalue weighted by atomic mass is 10.1. The van der Waals surface area contributed by atoms with Gasteiger partial charge in [0.25, 0.3) is 17.7 Å². The van der Waals surface area contributed by atoms with Crippen LogP contribution in [0, 0.1) is 6.92 Å². The Bertz CT molecular complexity index is 1150. The van der Waals surface area contributed by atoms with Crippen LogP contribution in [0.5, 0.6) is 5.75 Å². The molecule has 1 aliphatic rings. The van der Waals surface area contributed by atoms with Crippen molar-refractivity contribution < 1.29 is 19.1 Å². The fourth-order valence-electron chi connectivity index (χ4n) is 3.70. The molecule has 4 rings (SSSR count). The Balaban J connectivity index is 1.38. The van der Waals surface area contributed by atoms with E-state index in [1.165, 1.54) is 4.90 Å². The molecular weight excluding hydrogens is 404 g/mol. The van der Waals surface area contributed by atoms with Crippen LogP contribution in [0.1, 0.15) is 42.2 Å². The quantitative estimate of drug-likeness (QED) is 0.535. The van der Waals surface area contributed by atoms with E-state index in [0.717, 1.165) is 16.9 Å². The Morgan fingerprint density at radius 1 is 0.906 bits per heavy atom. The molecule has 0 aromatic heterocycles. The van der Waals surface area contributed by atoms with Gasteiger partial charge >= 0.3 is 0 Å². The van der Waals surface area contributed by atoms with Gasteiger partial charge in [0.15, 0.2) is 0 Å². The first-order chi connectivity index (χ1) is 15.4. The number of imide groups is 1. The van der Waals surface area contributed by atoms with Gasteiger partial charge in [0.1, 0.15) is 12.4 Å². The summed E-state index contributed by atoms with van der Waals surface area (Å²) in [5.74, 6) is -0.00339. The van der Waals surface area contributed by atoms with Crippen molar-refractivity contribution in [2.45, 2.75) is 13.5 Å². The van der Waals surface area contributed by atoms with Crippen LogP contribution in [0.15, 0.2) is 72.8 Å². The molecule has 1 aliphatic heterocycles. The number of ether oxygens (including phenoxy) is 1. The van der Waals surface area contributed by atoms with E-state index in [0.29, 0.717) is 29.8 Å². The number of rotatable bonds is 7. The minimum Gasteiger partial charge on any atom is -0.492 e. The average molecular weight is 428 g/mol. The number of hydrogen-bond donors (Lipinski definition) is 0. The minimum atomic E-state index is -0.312. The van der Waals surface area contributed by atoms with E-state index in [1.54, 1.807) is 60.5 Å². The van der Waals surface area contributed by atoms with Gasteiger partial charge in [-0.05, 0) is 54.4 Å². The summed E-state index contributed by atoms with van der Waals surface area (Å²) in [7, 11) is 1.72. The zero-order chi connectivity index (χ0) is 22.7. The van der Waals surface area contributed by atoms with Gasteiger partial charge in [-0.2, -0.15) is 0 Å². The normalized spacial score (nSPS) is 12.6. The number of nitrogens with zero attached hydrogens (tertiary/aromatic N) is 2. The molecule has 6 nitrogen and oxygen atoms in total. The van der Waals surface area contributed by atoms with Crippen molar-refractivity contribution in [2.75, 3.05) is 20.2 Å². The minimum absolute atomic E-state index is 0.119. The molecule has 0 atom stereocenters. The lowest BCUT2D eigenvalue weighted by Crippen LogP contribution is -2.31. The second-order valence-electron chi connectivity index (χ2n) is 7.83. The summed E-state index contributed by atoms with van der Waals surface area (Å²) >= 11 is 0. The first kappa shape index (κ1) is 21.3. The summed E-state index contributed by atoms with van der Waals surface area (Å²) in [5.41, 5.74) is 3.16. The van der Waals surface area contributed by atoms with E-state index in [2.05, 4.69) is 0 Å². The number of amides is 3. The van der Waals surface area contributed by atoms with Crippen LogP contribution in [-0.4, -0.2) is 47.7 Å². The van der Waals surface area contributed by atoms with E-state index in [9.17, 15) is 14.4 Å². The molecule has 1 heterocycles. The molecule has 0 aliphatic carbocycles. The van der Waals surface area contributed by atoms with E-state index < -0.39 is 0 Å². The van der Waals surface area contributed by atoms with Crippen molar-refractivity contribution in [3.8, 4) is 5.75 Å². The molecule has 162 valence electrons. The fraction of sp³-hybridized carbons (Fsp3) is 0.192. The van der Waals surface area contributed by atoms with Crippen LogP contribution in [0.2, 0.25) is 0 Å². The number of benzene rings is 3. The van der Waals surface area contributed by atoms with Crippen LogP contribution < -0.4 is 4.74 Å². The Labute approximate surface area is 187 Å². The maximum Gasteiger partial charge on any atom is 0.261 e. The Morgan fingerprint density at radius 2 is 1.59 bits per heavy atom. The van der Waals surface area contributed by atoms with Gasteiger partial charge in [0.05, 0.1) is 24.2 Å². The smallest absolute Gasteiger partial charge is 0.261 e. The summed E-state index contributed by atoms with van der Waals surface area (Å²) in [6.07, 6.45) is 0. The molecule has 0 spiro atoms. The Hall–Kier alpha value is -3.93. The van der Waals surface area contributed by atoms with Crippen LogP contribution in [-0.2, 0) is 6.54 Å². The van der Waals surface area contributed by atoms with Crippen molar-refractivity contribution in [1.82, 2.24) is 9.80 Å². The summed E-state index contributed by atoms with van der Waals surface area (Å²) in [6.45, 7) is 2.92. The average Bonchev–Trinajstić information content (AvgIpc) is 3.04. The van der Waals surface area contributed by atoms with E-state index in [4.69, 9.17) is 4.74 Å². The second kappa shape index (κ2) is 9.06. The first-order valence-corrected chi connectivity index (χ1v) is 10.4. The van der Waals surface area contributed by atoms with Crippen molar-refractivity contribution in [3.05, 3.63) is 101 Å². The molecule has 0 N–H and O–H groups in total. The van der Waals surface area contributed by atoms with E-state index in [1.807, 2.05) is 31.2 Å². The van der Waals surface area contributed by atoms with E-state index >= 15 is 0 Å². The topological polar surface area (TPSA) is 66.9 Å². The molecule has 0 radical (unpaired) electrons. The Kier molecular flexibility index (Phi) is 6.03. The molecule has 0 fully saturated rings. The number of aryl methyl sites for hydroxylation is 1. The highest BCUT2D eigenvalue weighted by atomic mass is 16.5. The van der Waals surface area contributed by atoms with Crippen LogP contribution >= 0.6 is 0 Å². The summed E-state index contributed by atoms with van der Waals surface area (Å²) in [6, 6.07) is 21.6. The molecule has 0 unspecified atom stereocenters. The van der Waals surface area contributed by atoms with Gasteiger partial charge in [-0.1, -0.05) is 36.4 Å². The molecule has 32 heavy (non-hydrogen) atoms. The SMILES string of the molecule is Cc1cccc(OCCN(C)C(=O)c2cccc(CN3C(=O)c4ccccc4C3=O)c2)c1. The highest BCUT2D eigenvalue weighted by Gasteiger charge is 2.35. The van der Waals surface area contributed by atoms with Crippen LogP contribution in [0.25, 0.3) is 0 Å². The van der Waals surface area contributed by atoms with Crippen molar-refractivity contribution in [3.63, 3.8) is 0 Å². The molecule has 3 aromatic carbocycles. The van der Waals surface area contributed by atoms with E-state index in [-0.39, 0.29) is 24.3 Å². The molecule has 6 heteroatoms. The Morgan fingerprint density at radius 3 is 2.28 bits per heavy atom. The maximum absolute atomic E-state index is 12.9. The van der Waals surface area contributed by atoms with Crippen LogP contribution in [0.4, 0.5) is 0 Å².